The molecule has 1 unspecified atom stereocenters. The first-order chi connectivity index (χ1) is 11.2. The zero-order chi connectivity index (χ0) is 16.5. The third-order valence-electron chi connectivity index (χ3n) is 4.73. The Labute approximate surface area is 140 Å². The van der Waals surface area contributed by atoms with Crippen LogP contribution in [0.25, 0.3) is 0 Å². The summed E-state index contributed by atoms with van der Waals surface area (Å²) in [4.78, 5) is 14.3. The summed E-state index contributed by atoms with van der Waals surface area (Å²) in [5.74, 6) is 1.19. The number of unbranched alkanes of at least 4 members (excludes halogenated alkanes) is 2. The second kappa shape index (κ2) is 9.56. The van der Waals surface area contributed by atoms with Crippen molar-refractivity contribution in [2.24, 2.45) is 5.73 Å². The molecule has 2 N–H and O–H groups in total. The number of nitrogens with two attached hydrogens (primary N) is 1. The number of hydrogen-bond acceptors (Lipinski definition) is 3. The van der Waals surface area contributed by atoms with E-state index in [9.17, 15) is 4.79 Å². The van der Waals surface area contributed by atoms with Gasteiger partial charge in [0.25, 0.3) is 0 Å². The Hall–Kier alpha value is -1.55. The first kappa shape index (κ1) is 17.8. The van der Waals surface area contributed by atoms with E-state index in [2.05, 4.69) is 12.1 Å². The number of amides is 1. The lowest BCUT2D eigenvalue weighted by atomic mass is 10.0. The third kappa shape index (κ3) is 5.54. The Bertz CT molecular complexity index is 473. The van der Waals surface area contributed by atoms with Gasteiger partial charge in [-0.15, -0.1) is 0 Å². The van der Waals surface area contributed by atoms with E-state index in [-0.39, 0.29) is 6.04 Å². The van der Waals surface area contributed by atoms with Gasteiger partial charge in [-0.05, 0) is 56.2 Å². The number of aryl methyl sites for hydroxylation is 1. The zero-order valence-electron chi connectivity index (χ0n) is 14.3. The highest BCUT2D eigenvalue weighted by molar-refractivity contribution is 5.76. The number of carbonyl (C=O) groups excluding carboxylic acids is 1. The molecule has 1 heterocycles. The van der Waals surface area contributed by atoms with Crippen LogP contribution < -0.4 is 10.5 Å². The summed E-state index contributed by atoms with van der Waals surface area (Å²) in [7, 11) is 1.68. The van der Waals surface area contributed by atoms with E-state index in [4.69, 9.17) is 10.5 Å². The Morgan fingerprint density at radius 2 is 2.00 bits per heavy atom. The van der Waals surface area contributed by atoms with E-state index >= 15 is 0 Å². The minimum atomic E-state index is 0.274. The first-order valence-electron chi connectivity index (χ1n) is 8.87. The summed E-state index contributed by atoms with van der Waals surface area (Å²) < 4.78 is 5.16. The molecule has 1 amide bonds. The number of methoxy groups -OCH3 is 1. The van der Waals surface area contributed by atoms with Gasteiger partial charge >= 0.3 is 0 Å². The molecular formula is C19H30N2O2. The van der Waals surface area contributed by atoms with Gasteiger partial charge < -0.3 is 15.4 Å². The average Bonchev–Trinajstić information content (AvgIpc) is 2.61. The van der Waals surface area contributed by atoms with Gasteiger partial charge in [0.05, 0.1) is 7.11 Å². The van der Waals surface area contributed by atoms with E-state index in [1.54, 1.807) is 7.11 Å². The van der Waals surface area contributed by atoms with Gasteiger partial charge in [0.1, 0.15) is 5.75 Å². The maximum Gasteiger partial charge on any atom is 0.222 e. The molecule has 128 valence electrons. The molecule has 0 spiro atoms. The number of piperidine rings is 1. The summed E-state index contributed by atoms with van der Waals surface area (Å²) in [6.07, 6.45) is 8.32. The molecule has 1 aliphatic heterocycles. The normalized spacial score (nSPS) is 18.0. The standard InChI is InChI=1S/C19H30N2O2/c1-23-18-12-10-16(11-13-18)7-3-2-4-9-19(22)21-14-6-5-8-17(21)15-20/h10-13,17H,2-9,14-15,20H2,1H3. The van der Waals surface area contributed by atoms with Crippen LogP contribution in [0.2, 0.25) is 0 Å². The lowest BCUT2D eigenvalue weighted by molar-refractivity contribution is -0.134. The van der Waals surface area contributed by atoms with Crippen LogP contribution in [0.15, 0.2) is 24.3 Å². The molecule has 0 aromatic heterocycles. The fourth-order valence-corrected chi connectivity index (χ4v) is 3.29. The lowest BCUT2D eigenvalue weighted by Gasteiger charge is -2.35. The van der Waals surface area contributed by atoms with Crippen LogP contribution in [0, 0.1) is 0 Å². The van der Waals surface area contributed by atoms with E-state index in [1.165, 1.54) is 12.0 Å². The van der Waals surface area contributed by atoms with Gasteiger partial charge in [0.15, 0.2) is 0 Å². The Kier molecular flexibility index (Phi) is 7.40. The summed E-state index contributed by atoms with van der Waals surface area (Å²) in [6, 6.07) is 8.51. The minimum absolute atomic E-state index is 0.274. The fraction of sp³-hybridized carbons (Fsp3) is 0.632. The first-order valence-corrected chi connectivity index (χ1v) is 8.87. The van der Waals surface area contributed by atoms with Gasteiger partial charge in [-0.25, -0.2) is 0 Å². The number of likely N-dealkylation sites (tertiary alicyclic amines) is 1. The second-order valence-electron chi connectivity index (χ2n) is 6.38. The van der Waals surface area contributed by atoms with Crippen molar-refractivity contribution >= 4 is 5.91 Å². The lowest BCUT2D eigenvalue weighted by Crippen LogP contribution is -2.47. The molecule has 1 aromatic carbocycles. The molecule has 1 aliphatic rings. The molecule has 0 saturated carbocycles. The van der Waals surface area contributed by atoms with Crippen molar-refractivity contribution in [2.45, 2.75) is 57.4 Å². The van der Waals surface area contributed by atoms with E-state index in [0.717, 1.165) is 50.8 Å². The van der Waals surface area contributed by atoms with Crippen molar-refractivity contribution in [2.75, 3.05) is 20.2 Å². The molecule has 0 aliphatic carbocycles. The highest BCUT2D eigenvalue weighted by atomic mass is 16.5. The van der Waals surface area contributed by atoms with Crippen molar-refractivity contribution in [3.8, 4) is 5.75 Å². The van der Waals surface area contributed by atoms with Crippen LogP contribution in [0.5, 0.6) is 5.75 Å². The average molecular weight is 318 g/mol. The number of benzene rings is 1. The van der Waals surface area contributed by atoms with Crippen LogP contribution in [0.4, 0.5) is 0 Å². The van der Waals surface area contributed by atoms with Gasteiger partial charge in [-0.1, -0.05) is 18.6 Å². The number of hydrogen-bond donors (Lipinski definition) is 1. The van der Waals surface area contributed by atoms with Gasteiger partial charge in [0, 0.05) is 25.6 Å². The molecule has 0 bridgehead atoms. The molecule has 2 rings (SSSR count). The number of ether oxygens (including phenoxy) is 1. The quantitative estimate of drug-likeness (QED) is 0.749. The SMILES string of the molecule is COc1ccc(CCCCCC(=O)N2CCCCC2CN)cc1. The predicted molar refractivity (Wildman–Crippen MR) is 93.6 cm³/mol. The molecule has 4 nitrogen and oxygen atoms in total. The van der Waals surface area contributed by atoms with Crippen LogP contribution >= 0.6 is 0 Å². The Morgan fingerprint density at radius 1 is 1.22 bits per heavy atom. The van der Waals surface area contributed by atoms with E-state index in [1.807, 2.05) is 17.0 Å². The summed E-state index contributed by atoms with van der Waals surface area (Å²) in [5, 5.41) is 0. The maximum absolute atomic E-state index is 12.3. The van der Waals surface area contributed by atoms with Crippen LogP contribution in [0.1, 0.15) is 50.5 Å². The number of carbonyl (C=O) groups is 1. The summed E-state index contributed by atoms with van der Waals surface area (Å²) in [5.41, 5.74) is 7.12. The monoisotopic (exact) mass is 318 g/mol. The smallest absolute Gasteiger partial charge is 0.222 e. The fourth-order valence-electron chi connectivity index (χ4n) is 3.29. The highest BCUT2D eigenvalue weighted by Gasteiger charge is 2.24. The molecule has 1 aromatic rings. The van der Waals surface area contributed by atoms with Gasteiger partial charge in [0.2, 0.25) is 5.91 Å². The third-order valence-corrected chi connectivity index (χ3v) is 4.73. The van der Waals surface area contributed by atoms with Crippen molar-refractivity contribution in [1.29, 1.82) is 0 Å². The molecule has 1 atom stereocenters. The van der Waals surface area contributed by atoms with Gasteiger partial charge in [-0.3, -0.25) is 4.79 Å². The number of nitrogens with zero attached hydrogens (tertiary/aromatic N) is 1. The Morgan fingerprint density at radius 3 is 2.70 bits per heavy atom. The van der Waals surface area contributed by atoms with Gasteiger partial charge in [-0.2, -0.15) is 0 Å². The topological polar surface area (TPSA) is 55.6 Å². The second-order valence-corrected chi connectivity index (χ2v) is 6.38. The molecular weight excluding hydrogens is 288 g/mol. The molecule has 0 radical (unpaired) electrons. The van der Waals surface area contributed by atoms with Crippen molar-refractivity contribution in [3.05, 3.63) is 29.8 Å². The predicted octanol–water partition coefficient (Wildman–Crippen LogP) is 3.14. The van der Waals surface area contributed by atoms with Crippen LogP contribution in [-0.2, 0) is 11.2 Å². The Balaban J connectivity index is 1.63. The van der Waals surface area contributed by atoms with Crippen LogP contribution in [0.3, 0.4) is 0 Å². The van der Waals surface area contributed by atoms with E-state index < -0.39 is 0 Å². The van der Waals surface area contributed by atoms with E-state index in [0.29, 0.717) is 18.9 Å². The largest absolute Gasteiger partial charge is 0.497 e. The maximum atomic E-state index is 12.3. The van der Waals surface area contributed by atoms with Crippen molar-refractivity contribution in [1.82, 2.24) is 4.90 Å². The van der Waals surface area contributed by atoms with Crippen molar-refractivity contribution < 1.29 is 9.53 Å². The molecule has 23 heavy (non-hydrogen) atoms. The minimum Gasteiger partial charge on any atom is -0.497 e. The summed E-state index contributed by atoms with van der Waals surface area (Å²) in [6.45, 7) is 1.50. The zero-order valence-corrected chi connectivity index (χ0v) is 14.3. The van der Waals surface area contributed by atoms with Crippen LogP contribution in [-0.4, -0.2) is 37.0 Å². The van der Waals surface area contributed by atoms with Crippen molar-refractivity contribution in [3.63, 3.8) is 0 Å². The number of rotatable bonds is 8. The summed E-state index contributed by atoms with van der Waals surface area (Å²) >= 11 is 0. The molecule has 4 heteroatoms. The molecule has 1 fully saturated rings. The molecule has 1 saturated heterocycles. The highest BCUT2D eigenvalue weighted by Crippen LogP contribution is 2.18.